The second-order valence-electron chi connectivity index (χ2n) is 5.88. The van der Waals surface area contributed by atoms with Crippen LogP contribution in [-0.2, 0) is 23.8 Å². The average molecular weight is 342 g/mol. The summed E-state index contributed by atoms with van der Waals surface area (Å²) in [5.74, 6) is -3.72. The third kappa shape index (κ3) is 4.91. The zero-order valence-electron chi connectivity index (χ0n) is 13.6. The van der Waals surface area contributed by atoms with E-state index >= 15 is 0 Å². The van der Waals surface area contributed by atoms with E-state index in [2.05, 4.69) is 4.74 Å². The monoisotopic (exact) mass is 342 g/mol. The van der Waals surface area contributed by atoms with Crippen LogP contribution in [0.1, 0.15) is 32.6 Å². The second kappa shape index (κ2) is 7.59. The first-order valence-electron chi connectivity index (χ1n) is 7.70. The zero-order chi connectivity index (χ0) is 17.7. The molecule has 0 saturated heterocycles. The molecule has 2 aliphatic rings. The van der Waals surface area contributed by atoms with E-state index in [1.54, 1.807) is 13.0 Å². The smallest absolute Gasteiger partial charge is 0.340 e. The van der Waals surface area contributed by atoms with Crippen molar-refractivity contribution in [1.82, 2.24) is 0 Å². The molecule has 0 amide bonds. The Morgan fingerprint density at radius 2 is 2.04 bits per heavy atom. The molecular weight excluding hydrogens is 322 g/mol. The van der Waals surface area contributed by atoms with Gasteiger partial charge in [0.25, 0.3) is 6.29 Å². The number of carbonyl (C=O) groups is 2. The molecule has 24 heavy (non-hydrogen) atoms. The zero-order valence-corrected chi connectivity index (χ0v) is 13.6. The average Bonchev–Trinajstić information content (AvgIpc) is 2.86. The molecule has 0 spiro atoms. The number of halogens is 2. The predicted octanol–water partition coefficient (Wildman–Crippen LogP) is 3.27. The first kappa shape index (κ1) is 18.2. The lowest BCUT2D eigenvalue weighted by Gasteiger charge is -2.26. The minimum atomic E-state index is -2.59. The summed E-state index contributed by atoms with van der Waals surface area (Å²) in [6.45, 7) is 1.59. The molecular formula is C17H20F2O5. The van der Waals surface area contributed by atoms with Crippen molar-refractivity contribution in [3.63, 3.8) is 0 Å². The fourth-order valence-electron chi connectivity index (χ4n) is 2.48. The predicted molar refractivity (Wildman–Crippen MR) is 80.9 cm³/mol. The fraction of sp³-hybridized carbons (Fsp3) is 0.529. The summed E-state index contributed by atoms with van der Waals surface area (Å²) in [7, 11) is 1.23. The van der Waals surface area contributed by atoms with E-state index in [1.807, 2.05) is 0 Å². The minimum Gasteiger partial charge on any atom is -0.465 e. The number of hydrogen-bond donors (Lipinski definition) is 0. The van der Waals surface area contributed by atoms with E-state index in [-0.39, 0.29) is 24.3 Å². The van der Waals surface area contributed by atoms with Crippen LogP contribution in [0.25, 0.3) is 0 Å². The summed E-state index contributed by atoms with van der Waals surface area (Å²) in [4.78, 5) is 23.0. The molecule has 1 unspecified atom stereocenters. The SMILES string of the molecule is COC(=O)C(/C=C/C1CCC(F)(F)CC1)=C/OC1C=C(C)C(=O)O1. The van der Waals surface area contributed by atoms with Gasteiger partial charge < -0.3 is 14.2 Å². The van der Waals surface area contributed by atoms with Crippen LogP contribution in [0.4, 0.5) is 8.78 Å². The quantitative estimate of drug-likeness (QED) is 0.332. The number of methoxy groups -OCH3 is 1. The number of esters is 2. The summed E-state index contributed by atoms with van der Waals surface area (Å²) >= 11 is 0. The molecule has 132 valence electrons. The van der Waals surface area contributed by atoms with Crippen molar-refractivity contribution in [3.05, 3.63) is 35.6 Å². The van der Waals surface area contributed by atoms with Gasteiger partial charge in [0.2, 0.25) is 5.92 Å². The molecule has 1 fully saturated rings. The van der Waals surface area contributed by atoms with Crippen LogP contribution in [0.15, 0.2) is 35.6 Å². The van der Waals surface area contributed by atoms with Gasteiger partial charge in [0, 0.05) is 24.5 Å². The third-order valence-corrected chi connectivity index (χ3v) is 3.99. The van der Waals surface area contributed by atoms with Crippen molar-refractivity contribution >= 4 is 11.9 Å². The second-order valence-corrected chi connectivity index (χ2v) is 5.88. The number of rotatable bonds is 5. The highest BCUT2D eigenvalue weighted by Crippen LogP contribution is 2.36. The maximum Gasteiger partial charge on any atom is 0.340 e. The van der Waals surface area contributed by atoms with Gasteiger partial charge >= 0.3 is 11.9 Å². The number of allylic oxidation sites excluding steroid dienone is 1. The van der Waals surface area contributed by atoms with Gasteiger partial charge in [0.1, 0.15) is 6.26 Å². The fourth-order valence-corrected chi connectivity index (χ4v) is 2.48. The Kier molecular flexibility index (Phi) is 5.75. The van der Waals surface area contributed by atoms with E-state index in [0.29, 0.717) is 18.4 Å². The third-order valence-electron chi connectivity index (χ3n) is 3.99. The Hall–Kier alpha value is -2.18. The molecule has 2 rings (SSSR count). The topological polar surface area (TPSA) is 61.8 Å². The number of hydrogen-bond acceptors (Lipinski definition) is 5. The van der Waals surface area contributed by atoms with Crippen LogP contribution in [0.3, 0.4) is 0 Å². The highest BCUT2D eigenvalue weighted by atomic mass is 19.3. The summed E-state index contributed by atoms with van der Waals surface area (Å²) in [5, 5.41) is 0. The largest absolute Gasteiger partial charge is 0.465 e. The van der Waals surface area contributed by atoms with Crippen molar-refractivity contribution in [1.29, 1.82) is 0 Å². The minimum absolute atomic E-state index is 0.0240. The van der Waals surface area contributed by atoms with Crippen LogP contribution in [-0.4, -0.2) is 31.3 Å². The number of ether oxygens (including phenoxy) is 3. The van der Waals surface area contributed by atoms with E-state index in [1.165, 1.54) is 19.3 Å². The molecule has 0 radical (unpaired) electrons. The molecule has 1 aliphatic carbocycles. The molecule has 1 atom stereocenters. The molecule has 0 aromatic carbocycles. The molecule has 7 heteroatoms. The summed E-state index contributed by atoms with van der Waals surface area (Å²) < 4.78 is 41.1. The van der Waals surface area contributed by atoms with Crippen molar-refractivity contribution < 1.29 is 32.6 Å². The van der Waals surface area contributed by atoms with Crippen LogP contribution < -0.4 is 0 Å². The molecule has 1 saturated carbocycles. The Bertz CT molecular complexity index is 582. The van der Waals surface area contributed by atoms with Gasteiger partial charge in [-0.3, -0.25) is 0 Å². The first-order chi connectivity index (χ1) is 11.3. The Labute approximate surface area is 138 Å². The lowest BCUT2D eigenvalue weighted by molar-refractivity contribution is -0.152. The first-order valence-corrected chi connectivity index (χ1v) is 7.70. The maximum atomic E-state index is 13.1. The highest BCUT2D eigenvalue weighted by molar-refractivity contribution is 5.91. The van der Waals surface area contributed by atoms with Crippen LogP contribution in [0.5, 0.6) is 0 Å². The van der Waals surface area contributed by atoms with Crippen molar-refractivity contribution in [2.45, 2.75) is 44.8 Å². The summed E-state index contributed by atoms with van der Waals surface area (Å²) in [6, 6.07) is 0. The Morgan fingerprint density at radius 1 is 1.38 bits per heavy atom. The van der Waals surface area contributed by atoms with Crippen LogP contribution >= 0.6 is 0 Å². The molecule has 0 bridgehead atoms. The molecule has 0 N–H and O–H groups in total. The number of cyclic esters (lactones) is 1. The molecule has 1 aliphatic heterocycles. The lowest BCUT2D eigenvalue weighted by Crippen LogP contribution is -2.23. The van der Waals surface area contributed by atoms with Gasteiger partial charge in [-0.25, -0.2) is 18.4 Å². The van der Waals surface area contributed by atoms with Gasteiger partial charge in [-0.1, -0.05) is 6.08 Å². The lowest BCUT2D eigenvalue weighted by atomic mass is 9.86. The number of carbonyl (C=O) groups excluding carboxylic acids is 2. The van der Waals surface area contributed by atoms with Crippen molar-refractivity contribution in [2.75, 3.05) is 7.11 Å². The van der Waals surface area contributed by atoms with Crippen molar-refractivity contribution in [3.8, 4) is 0 Å². The summed E-state index contributed by atoms with van der Waals surface area (Å²) in [6.07, 6.45) is 5.36. The Balaban J connectivity index is 1.98. The van der Waals surface area contributed by atoms with Crippen LogP contribution in [0, 0.1) is 5.92 Å². The van der Waals surface area contributed by atoms with E-state index in [4.69, 9.17) is 9.47 Å². The standard InChI is InChI=1S/C17H20F2O5/c1-11-9-14(24-15(11)20)23-10-13(16(21)22-2)4-3-12-5-7-17(18,19)8-6-12/h3-4,9-10,12,14H,5-8H2,1-2H3/b4-3+,13-10+. The van der Waals surface area contributed by atoms with Gasteiger partial charge in [-0.2, -0.15) is 0 Å². The van der Waals surface area contributed by atoms with Gasteiger partial charge in [-0.15, -0.1) is 0 Å². The van der Waals surface area contributed by atoms with Crippen molar-refractivity contribution in [2.24, 2.45) is 5.92 Å². The molecule has 0 aromatic rings. The summed E-state index contributed by atoms with van der Waals surface area (Å²) in [5.41, 5.74) is 0.538. The Morgan fingerprint density at radius 3 is 2.58 bits per heavy atom. The van der Waals surface area contributed by atoms with E-state index in [9.17, 15) is 18.4 Å². The van der Waals surface area contributed by atoms with E-state index in [0.717, 1.165) is 6.26 Å². The van der Waals surface area contributed by atoms with Gasteiger partial charge in [-0.05, 0) is 31.8 Å². The van der Waals surface area contributed by atoms with Crippen LogP contribution in [0.2, 0.25) is 0 Å². The normalized spacial score (nSPS) is 24.7. The van der Waals surface area contributed by atoms with E-state index < -0.39 is 24.2 Å². The van der Waals surface area contributed by atoms with Gasteiger partial charge in [0.15, 0.2) is 0 Å². The number of alkyl halides is 2. The molecule has 5 nitrogen and oxygen atoms in total. The van der Waals surface area contributed by atoms with Gasteiger partial charge in [0.05, 0.1) is 12.7 Å². The molecule has 0 aromatic heterocycles. The highest BCUT2D eigenvalue weighted by Gasteiger charge is 2.34. The molecule has 1 heterocycles. The maximum absolute atomic E-state index is 13.1.